The van der Waals surface area contributed by atoms with Gasteiger partial charge in [0.1, 0.15) is 5.82 Å². The van der Waals surface area contributed by atoms with Gasteiger partial charge >= 0.3 is 0 Å². The van der Waals surface area contributed by atoms with Gasteiger partial charge in [0.15, 0.2) is 0 Å². The highest BCUT2D eigenvalue weighted by molar-refractivity contribution is 5.50. The maximum absolute atomic E-state index is 9.81. The minimum absolute atomic E-state index is 0.131. The Labute approximate surface area is 101 Å². The molecule has 1 aromatic rings. The van der Waals surface area contributed by atoms with Gasteiger partial charge in [-0.25, -0.2) is 4.98 Å². The summed E-state index contributed by atoms with van der Waals surface area (Å²) in [7, 11) is 0. The van der Waals surface area contributed by atoms with E-state index < -0.39 is 0 Å². The lowest BCUT2D eigenvalue weighted by Crippen LogP contribution is -2.45. The number of hydrogen-bond donors (Lipinski definition) is 2. The fourth-order valence-electron chi connectivity index (χ4n) is 3.32. The van der Waals surface area contributed by atoms with Crippen LogP contribution in [0, 0.1) is 0 Å². The fourth-order valence-corrected chi connectivity index (χ4v) is 3.32. The van der Waals surface area contributed by atoms with E-state index in [1.165, 1.54) is 12.8 Å². The topological polar surface area (TPSA) is 62.4 Å². The van der Waals surface area contributed by atoms with E-state index in [-0.39, 0.29) is 6.10 Å². The van der Waals surface area contributed by atoms with Crippen molar-refractivity contribution in [3.63, 3.8) is 0 Å². The summed E-state index contributed by atoms with van der Waals surface area (Å²) in [5, 5.41) is 9.81. The van der Waals surface area contributed by atoms with E-state index in [1.54, 1.807) is 0 Å². The molecule has 0 amide bonds. The van der Waals surface area contributed by atoms with Crippen LogP contribution in [0.4, 0.5) is 5.82 Å². The van der Waals surface area contributed by atoms with Crippen molar-refractivity contribution < 1.29 is 5.11 Å². The molecule has 4 nitrogen and oxygen atoms in total. The highest BCUT2D eigenvalue weighted by Crippen LogP contribution is 2.39. The minimum atomic E-state index is -0.131. The molecule has 3 heterocycles. The average Bonchev–Trinajstić information content (AvgIpc) is 2.61. The molecular weight excluding hydrogens is 214 g/mol. The molecule has 1 aromatic heterocycles. The van der Waals surface area contributed by atoms with Crippen LogP contribution in [0.3, 0.4) is 0 Å². The molecule has 0 radical (unpaired) electrons. The van der Waals surface area contributed by atoms with E-state index in [4.69, 9.17) is 5.73 Å². The number of nitrogens with two attached hydrogens (primary N) is 1. The van der Waals surface area contributed by atoms with Crippen LogP contribution < -0.4 is 10.6 Å². The van der Waals surface area contributed by atoms with Gasteiger partial charge in [-0.05, 0) is 31.7 Å². The number of aliphatic hydroxyl groups excluding tert-OH is 1. The Hall–Kier alpha value is -1.13. The second-order valence-electron chi connectivity index (χ2n) is 5.11. The fraction of sp³-hybridized carbons (Fsp3) is 0.615. The first-order valence-corrected chi connectivity index (χ1v) is 6.40. The molecule has 0 spiro atoms. The van der Waals surface area contributed by atoms with E-state index in [0.29, 0.717) is 18.6 Å². The molecule has 3 rings (SSSR count). The molecule has 3 N–H and O–H groups in total. The van der Waals surface area contributed by atoms with Crippen molar-refractivity contribution >= 4 is 5.82 Å². The van der Waals surface area contributed by atoms with Crippen LogP contribution in [-0.4, -0.2) is 28.3 Å². The third kappa shape index (κ3) is 1.81. The molecule has 4 heteroatoms. The first-order valence-electron chi connectivity index (χ1n) is 6.40. The summed E-state index contributed by atoms with van der Waals surface area (Å²) in [4.78, 5) is 6.90. The normalized spacial score (nSPS) is 31.9. The monoisotopic (exact) mass is 233 g/mol. The number of aromatic nitrogens is 1. The summed E-state index contributed by atoms with van der Waals surface area (Å²) in [6.07, 6.45) is 5.78. The number of nitrogens with zero attached hydrogens (tertiary/aromatic N) is 2. The van der Waals surface area contributed by atoms with Crippen LogP contribution in [0.15, 0.2) is 18.3 Å². The van der Waals surface area contributed by atoms with Gasteiger partial charge in [-0.3, -0.25) is 0 Å². The Balaban J connectivity index is 1.94. The maximum Gasteiger partial charge on any atom is 0.133 e. The van der Waals surface area contributed by atoms with Crippen molar-refractivity contribution in [2.45, 2.75) is 50.4 Å². The number of rotatable bonds is 2. The predicted octanol–water partition coefficient (Wildman–Crippen LogP) is 1.03. The van der Waals surface area contributed by atoms with E-state index in [0.717, 1.165) is 24.2 Å². The number of piperidine rings is 1. The third-order valence-corrected chi connectivity index (χ3v) is 4.04. The molecule has 2 fully saturated rings. The van der Waals surface area contributed by atoms with Gasteiger partial charge in [0.05, 0.1) is 6.10 Å². The summed E-state index contributed by atoms with van der Waals surface area (Å²) in [6.45, 7) is 0.529. The van der Waals surface area contributed by atoms with Crippen molar-refractivity contribution in [2.75, 3.05) is 4.90 Å². The minimum Gasteiger partial charge on any atom is -0.393 e. The first kappa shape index (κ1) is 11.0. The zero-order valence-corrected chi connectivity index (χ0v) is 9.92. The van der Waals surface area contributed by atoms with Crippen molar-refractivity contribution in [3.8, 4) is 0 Å². The maximum atomic E-state index is 9.81. The molecule has 2 aliphatic rings. The van der Waals surface area contributed by atoms with Gasteiger partial charge in [-0.1, -0.05) is 6.07 Å². The lowest BCUT2D eigenvalue weighted by atomic mass is 9.99. The molecule has 17 heavy (non-hydrogen) atoms. The molecule has 0 saturated carbocycles. The van der Waals surface area contributed by atoms with Gasteiger partial charge in [0, 0.05) is 30.4 Å². The molecule has 92 valence electrons. The van der Waals surface area contributed by atoms with Gasteiger partial charge < -0.3 is 15.7 Å². The van der Waals surface area contributed by atoms with Crippen molar-refractivity contribution in [1.82, 2.24) is 4.98 Å². The summed E-state index contributed by atoms with van der Waals surface area (Å²) in [6, 6.07) is 4.88. The van der Waals surface area contributed by atoms with Crippen LogP contribution >= 0.6 is 0 Å². The first-order chi connectivity index (χ1) is 8.29. The summed E-state index contributed by atoms with van der Waals surface area (Å²) in [5.41, 5.74) is 6.89. The van der Waals surface area contributed by atoms with E-state index in [2.05, 4.69) is 9.88 Å². The lowest BCUT2D eigenvalue weighted by molar-refractivity contribution is 0.126. The molecule has 2 bridgehead atoms. The van der Waals surface area contributed by atoms with E-state index in [1.807, 2.05) is 18.3 Å². The Morgan fingerprint density at radius 3 is 2.71 bits per heavy atom. The van der Waals surface area contributed by atoms with E-state index >= 15 is 0 Å². The summed E-state index contributed by atoms with van der Waals surface area (Å²) >= 11 is 0. The standard InChI is InChI=1S/C13H19N3O/c14-8-9-2-1-5-15-13(9)16-10-3-4-11(16)7-12(17)6-10/h1-2,5,10-12,17H,3-4,6-8,14H2. The van der Waals surface area contributed by atoms with Crippen LogP contribution in [0.2, 0.25) is 0 Å². The van der Waals surface area contributed by atoms with Crippen LogP contribution in [0.1, 0.15) is 31.2 Å². The van der Waals surface area contributed by atoms with Gasteiger partial charge in [-0.15, -0.1) is 0 Å². The quantitative estimate of drug-likeness (QED) is 0.801. The van der Waals surface area contributed by atoms with Crippen molar-refractivity contribution in [2.24, 2.45) is 5.73 Å². The average molecular weight is 233 g/mol. The van der Waals surface area contributed by atoms with Gasteiger partial charge in [0.25, 0.3) is 0 Å². The largest absolute Gasteiger partial charge is 0.393 e. The van der Waals surface area contributed by atoms with Crippen LogP contribution in [-0.2, 0) is 6.54 Å². The lowest BCUT2D eigenvalue weighted by Gasteiger charge is -2.38. The Kier molecular flexibility index (Phi) is 2.76. The van der Waals surface area contributed by atoms with E-state index in [9.17, 15) is 5.11 Å². The third-order valence-electron chi connectivity index (χ3n) is 4.04. The highest BCUT2D eigenvalue weighted by Gasteiger charge is 2.41. The van der Waals surface area contributed by atoms with Crippen molar-refractivity contribution in [1.29, 1.82) is 0 Å². The summed E-state index contributed by atoms with van der Waals surface area (Å²) in [5.74, 6) is 1.04. The molecule has 2 saturated heterocycles. The molecule has 2 atom stereocenters. The Bertz CT molecular complexity index is 395. The second-order valence-corrected chi connectivity index (χ2v) is 5.11. The molecule has 0 aromatic carbocycles. The number of hydrogen-bond acceptors (Lipinski definition) is 4. The summed E-state index contributed by atoms with van der Waals surface area (Å²) < 4.78 is 0. The Morgan fingerprint density at radius 1 is 1.35 bits per heavy atom. The SMILES string of the molecule is NCc1cccnc1N1C2CCC1CC(O)C2. The zero-order chi connectivity index (χ0) is 11.8. The smallest absolute Gasteiger partial charge is 0.133 e. The van der Waals surface area contributed by atoms with Crippen LogP contribution in [0.25, 0.3) is 0 Å². The number of pyridine rings is 1. The predicted molar refractivity (Wildman–Crippen MR) is 66.7 cm³/mol. The zero-order valence-electron chi connectivity index (χ0n) is 9.92. The number of anilines is 1. The molecule has 2 aliphatic heterocycles. The van der Waals surface area contributed by atoms with Crippen molar-refractivity contribution in [3.05, 3.63) is 23.9 Å². The highest BCUT2D eigenvalue weighted by atomic mass is 16.3. The number of fused-ring (bicyclic) bond motifs is 2. The Morgan fingerprint density at radius 2 is 2.06 bits per heavy atom. The second kappa shape index (κ2) is 4.27. The van der Waals surface area contributed by atoms with Crippen LogP contribution in [0.5, 0.6) is 0 Å². The molecular formula is C13H19N3O. The molecule has 0 aliphatic carbocycles. The number of aliphatic hydroxyl groups is 1. The van der Waals surface area contributed by atoms with Gasteiger partial charge in [-0.2, -0.15) is 0 Å². The molecule has 2 unspecified atom stereocenters. The van der Waals surface area contributed by atoms with Gasteiger partial charge in [0.2, 0.25) is 0 Å².